The molecule has 1 amide bonds. The summed E-state index contributed by atoms with van der Waals surface area (Å²) >= 11 is 2.93. The van der Waals surface area contributed by atoms with Gasteiger partial charge in [-0.3, -0.25) is 15.1 Å². The Morgan fingerprint density at radius 2 is 1.97 bits per heavy atom. The van der Waals surface area contributed by atoms with Gasteiger partial charge in [0.25, 0.3) is 0 Å². The molecule has 4 heterocycles. The molecule has 0 radical (unpaired) electrons. The van der Waals surface area contributed by atoms with E-state index in [0.717, 1.165) is 10.9 Å². The monoisotopic (exact) mass is 505 g/mol. The van der Waals surface area contributed by atoms with Crippen molar-refractivity contribution >= 4 is 41.4 Å². The van der Waals surface area contributed by atoms with E-state index in [1.54, 1.807) is 6.08 Å². The number of amides is 1. The molecule has 0 aromatic carbocycles. The van der Waals surface area contributed by atoms with Crippen LogP contribution in [0.15, 0.2) is 58.2 Å². The average molecular weight is 506 g/mol. The predicted molar refractivity (Wildman–Crippen MR) is 114 cm³/mol. The largest absolute Gasteiger partial charge is 0.490 e. The van der Waals surface area contributed by atoms with E-state index in [4.69, 9.17) is 15.6 Å². The Balaban J connectivity index is 0.000000383. The number of carbonyl (C=O) groups excluding carboxylic acids is 1. The second-order valence-corrected chi connectivity index (χ2v) is 8.84. The zero-order valence-electron chi connectivity index (χ0n) is 16.8. The van der Waals surface area contributed by atoms with Crippen molar-refractivity contribution in [2.24, 2.45) is 5.73 Å². The first-order valence-electron chi connectivity index (χ1n) is 9.11. The molecule has 0 aromatic rings. The topological polar surface area (TPSA) is 139 Å². The zero-order valence-corrected chi connectivity index (χ0v) is 18.4. The van der Waals surface area contributed by atoms with E-state index in [1.165, 1.54) is 28.4 Å². The lowest BCUT2D eigenvalue weighted by Crippen LogP contribution is -2.68. The summed E-state index contributed by atoms with van der Waals surface area (Å²) in [7, 11) is 1.97. The van der Waals surface area contributed by atoms with Crippen molar-refractivity contribution < 1.29 is 37.8 Å². The molecule has 1 saturated heterocycles. The van der Waals surface area contributed by atoms with Gasteiger partial charge in [-0.15, -0.1) is 11.8 Å². The quantitative estimate of drug-likeness (QED) is 0.412. The summed E-state index contributed by atoms with van der Waals surface area (Å²) in [6.45, 7) is 0. The smallest absolute Gasteiger partial charge is 0.477 e. The molecule has 0 aromatic heterocycles. The Labute approximate surface area is 193 Å². The van der Waals surface area contributed by atoms with Gasteiger partial charge in [-0.25, -0.2) is 14.6 Å². The number of allylic oxidation sites excluding steroid dienone is 3. The molecule has 0 bridgehead atoms. The van der Waals surface area contributed by atoms with Crippen LogP contribution < -0.4 is 11.2 Å². The highest BCUT2D eigenvalue weighted by Crippen LogP contribution is 2.40. The van der Waals surface area contributed by atoms with E-state index in [2.05, 4.69) is 5.43 Å². The van der Waals surface area contributed by atoms with Crippen molar-refractivity contribution in [2.45, 2.75) is 17.6 Å². The number of nitrogens with one attached hydrogen (secondary N) is 1. The minimum atomic E-state index is -5.08. The lowest BCUT2D eigenvalue weighted by Gasteiger charge is -2.47. The van der Waals surface area contributed by atoms with Gasteiger partial charge in [-0.05, 0) is 29.2 Å². The van der Waals surface area contributed by atoms with Crippen LogP contribution in [0.3, 0.4) is 0 Å². The molecule has 2 atom stereocenters. The van der Waals surface area contributed by atoms with E-state index in [9.17, 15) is 27.9 Å². The van der Waals surface area contributed by atoms with Crippen LogP contribution in [0.25, 0.3) is 0 Å². The van der Waals surface area contributed by atoms with Crippen LogP contribution in [0.2, 0.25) is 0 Å². The highest BCUT2D eigenvalue weighted by molar-refractivity contribution is 8.05. The summed E-state index contributed by atoms with van der Waals surface area (Å²) < 4.78 is 31.7. The molecule has 10 nitrogen and oxygen atoms in total. The number of carboxylic acids is 2. The summed E-state index contributed by atoms with van der Waals surface area (Å²) in [6.07, 6.45) is 4.49. The van der Waals surface area contributed by atoms with Crippen LogP contribution in [0.1, 0.15) is 0 Å². The van der Waals surface area contributed by atoms with Crippen LogP contribution >= 0.6 is 23.5 Å². The van der Waals surface area contributed by atoms with Gasteiger partial charge < -0.3 is 20.8 Å². The first-order valence-corrected chi connectivity index (χ1v) is 11.0. The summed E-state index contributed by atoms with van der Waals surface area (Å²) in [5, 5.41) is 21.0. The summed E-state index contributed by atoms with van der Waals surface area (Å²) in [6, 6.07) is -0.613. The van der Waals surface area contributed by atoms with E-state index in [-0.39, 0.29) is 17.0 Å². The number of nitrogens with two attached hydrogens (primary N) is 1. The van der Waals surface area contributed by atoms with Gasteiger partial charge in [0.1, 0.15) is 22.9 Å². The maximum Gasteiger partial charge on any atom is 0.490 e. The fourth-order valence-corrected chi connectivity index (χ4v) is 4.95. The Hall–Kier alpha value is -3.04. The number of hydrogen-bond donors (Lipinski definition) is 4. The molecular weight excluding hydrogens is 487 g/mol. The number of carboxylic acid groups (broad SMARTS) is 2. The van der Waals surface area contributed by atoms with Crippen molar-refractivity contribution in [3.63, 3.8) is 0 Å². The molecule has 1 fully saturated rings. The minimum Gasteiger partial charge on any atom is -0.477 e. The van der Waals surface area contributed by atoms with E-state index in [1.807, 2.05) is 46.9 Å². The Morgan fingerprint density at radius 1 is 1.30 bits per heavy atom. The first kappa shape index (κ1) is 24.6. The highest BCUT2D eigenvalue weighted by Gasteiger charge is 2.51. The number of thioether (sulfide) groups is 2. The van der Waals surface area contributed by atoms with Crippen molar-refractivity contribution in [2.75, 3.05) is 12.8 Å². The molecule has 33 heavy (non-hydrogen) atoms. The van der Waals surface area contributed by atoms with Crippen LogP contribution in [-0.2, 0) is 14.4 Å². The molecule has 0 unspecified atom stereocenters. The number of nitrogens with zero attached hydrogens (tertiary/aromatic N) is 3. The maximum absolute atomic E-state index is 11.9. The minimum absolute atomic E-state index is 0.0363. The van der Waals surface area contributed by atoms with Crippen LogP contribution in [0.4, 0.5) is 13.2 Å². The van der Waals surface area contributed by atoms with Crippen molar-refractivity contribution in [3.05, 3.63) is 58.2 Å². The number of rotatable bonds is 4. The van der Waals surface area contributed by atoms with Crippen LogP contribution in [0, 0.1) is 0 Å². The third-order valence-electron chi connectivity index (χ3n) is 4.61. The Bertz CT molecular complexity index is 1020. The number of alkyl halides is 3. The zero-order chi connectivity index (χ0) is 24.5. The summed E-state index contributed by atoms with van der Waals surface area (Å²) in [4.78, 5) is 35.7. The number of halogens is 3. The molecule has 15 heteroatoms. The highest BCUT2D eigenvalue weighted by atomic mass is 32.2. The Kier molecular flexibility index (Phi) is 7.04. The molecule has 0 spiro atoms. The number of β-lactam (4-membered cyclic amide) rings is 1. The molecule has 4 rings (SSSR count). The second-order valence-electron chi connectivity index (χ2n) is 6.78. The number of fused-ring (bicyclic) bond motifs is 2. The molecule has 178 valence electrons. The third kappa shape index (κ3) is 5.15. The van der Waals surface area contributed by atoms with Gasteiger partial charge in [0.2, 0.25) is 5.91 Å². The van der Waals surface area contributed by atoms with Gasteiger partial charge in [0.05, 0.1) is 5.03 Å². The first-order chi connectivity index (χ1) is 15.4. The van der Waals surface area contributed by atoms with E-state index >= 15 is 0 Å². The van der Waals surface area contributed by atoms with Gasteiger partial charge in [0, 0.05) is 25.2 Å². The van der Waals surface area contributed by atoms with Crippen LogP contribution in [0.5, 0.6) is 0 Å². The summed E-state index contributed by atoms with van der Waals surface area (Å²) in [5.74, 6) is -2.66. The standard InChI is InChI=1S/C16H17N5O3S2.C2HF3O2/c1-19-5-6-20-11(19)3-2-10(18-20)25-7-4-9-8-26-15-12(17)14(22)21(15)13(9)16(23)24;3-2(4,5)1(6)7/h2-7,12,15,18H,8,17H2,1H3,(H,23,24);(H,6,7)/b7-4+;/t12-,15+;/m1./s1. The van der Waals surface area contributed by atoms with Gasteiger partial charge in [0.15, 0.2) is 0 Å². The lowest BCUT2D eigenvalue weighted by atomic mass is 10.0. The second kappa shape index (κ2) is 9.44. The fourth-order valence-electron chi connectivity index (χ4n) is 3.01. The third-order valence-corrected chi connectivity index (χ3v) is 6.69. The number of carbonyl (C=O) groups is 3. The molecule has 0 aliphatic carbocycles. The van der Waals surface area contributed by atoms with Crippen molar-refractivity contribution in [3.8, 4) is 0 Å². The van der Waals surface area contributed by atoms with Crippen molar-refractivity contribution in [1.29, 1.82) is 0 Å². The summed E-state index contributed by atoms with van der Waals surface area (Å²) in [5.41, 5.74) is 9.65. The number of hydrazine groups is 1. The molecule has 5 N–H and O–H groups in total. The van der Waals surface area contributed by atoms with Gasteiger partial charge >= 0.3 is 18.1 Å². The normalized spacial score (nSPS) is 23.8. The maximum atomic E-state index is 11.9. The molecule has 0 saturated carbocycles. The average Bonchev–Trinajstić information content (AvgIpc) is 3.12. The van der Waals surface area contributed by atoms with Gasteiger partial charge in [-0.1, -0.05) is 11.8 Å². The number of aliphatic carboxylic acids is 2. The SMILES string of the molecule is CN1C=CN2NC(S/C=C/C3=C(C(=O)O)N4C(=O)[C@@H](N)[C@@H]4SC3)=CC=C12.O=C(O)C(F)(F)F. The molecule has 4 aliphatic heterocycles. The lowest BCUT2D eigenvalue weighted by molar-refractivity contribution is -0.192. The predicted octanol–water partition coefficient (Wildman–Crippen LogP) is 1.37. The molecular formula is C18H18F3N5O5S2. The van der Waals surface area contributed by atoms with E-state index in [0.29, 0.717) is 11.3 Å². The van der Waals surface area contributed by atoms with Gasteiger partial charge in [-0.2, -0.15) is 13.2 Å². The van der Waals surface area contributed by atoms with E-state index < -0.39 is 24.2 Å². The molecule has 4 aliphatic rings. The number of hydrogen-bond acceptors (Lipinski definition) is 9. The Morgan fingerprint density at radius 3 is 2.58 bits per heavy atom. The fraction of sp³-hybridized carbons (Fsp3) is 0.278. The van der Waals surface area contributed by atoms with Crippen molar-refractivity contribution in [1.82, 2.24) is 20.2 Å². The van der Waals surface area contributed by atoms with Crippen LogP contribution in [-0.4, -0.2) is 73.3 Å².